The number of carboxylic acid groups (broad SMARTS) is 1. The molecule has 0 aliphatic rings. The lowest BCUT2D eigenvalue weighted by Gasteiger charge is -2.20. The highest BCUT2D eigenvalue weighted by Gasteiger charge is 2.24. The summed E-state index contributed by atoms with van der Waals surface area (Å²) in [4.78, 5) is 22.8. The Morgan fingerprint density at radius 3 is 2.33 bits per heavy atom. The maximum Gasteiger partial charge on any atom is 0.340 e. The zero-order chi connectivity index (χ0) is 14.1. The number of rotatable bonds is 2. The van der Waals surface area contributed by atoms with E-state index in [1.807, 2.05) is 0 Å². The number of esters is 1. The Morgan fingerprint density at radius 1 is 1.33 bits per heavy atom. The molecule has 0 saturated heterocycles. The van der Waals surface area contributed by atoms with Crippen LogP contribution in [0.2, 0.25) is 5.02 Å². The second kappa shape index (κ2) is 4.86. The monoisotopic (exact) mass is 271 g/mol. The lowest BCUT2D eigenvalue weighted by atomic mass is 10.1. The summed E-state index contributed by atoms with van der Waals surface area (Å²) in [5, 5.41) is 8.95. The number of ether oxygens (including phenoxy) is 1. The van der Waals surface area contributed by atoms with Crippen molar-refractivity contribution in [2.75, 3.05) is 5.73 Å². The van der Waals surface area contributed by atoms with Crippen molar-refractivity contribution in [3.8, 4) is 0 Å². The van der Waals surface area contributed by atoms with Crippen LogP contribution in [0.3, 0.4) is 0 Å². The zero-order valence-corrected chi connectivity index (χ0v) is 11.0. The Morgan fingerprint density at radius 2 is 1.89 bits per heavy atom. The number of aromatic carboxylic acids is 1. The van der Waals surface area contributed by atoms with Crippen LogP contribution in [0.1, 0.15) is 41.5 Å². The molecule has 0 saturated carbocycles. The predicted molar refractivity (Wildman–Crippen MR) is 68.0 cm³/mol. The third kappa shape index (κ3) is 3.13. The summed E-state index contributed by atoms with van der Waals surface area (Å²) in [6, 6.07) is 2.65. The second-order valence-electron chi connectivity index (χ2n) is 4.69. The Hall–Kier alpha value is -1.75. The van der Waals surface area contributed by atoms with Crippen LogP contribution in [0.5, 0.6) is 0 Å². The predicted octanol–water partition coefficient (Wildman–Crippen LogP) is 2.58. The number of hydrogen-bond donors (Lipinski definition) is 2. The summed E-state index contributed by atoms with van der Waals surface area (Å²) in [5.41, 5.74) is 4.46. The van der Waals surface area contributed by atoms with Gasteiger partial charge in [-0.05, 0) is 32.9 Å². The largest absolute Gasteiger partial charge is 0.478 e. The van der Waals surface area contributed by atoms with Gasteiger partial charge in [-0.25, -0.2) is 9.59 Å². The number of nitrogens with two attached hydrogens (primary N) is 1. The van der Waals surface area contributed by atoms with Crippen LogP contribution in [0.15, 0.2) is 12.1 Å². The van der Waals surface area contributed by atoms with Crippen molar-refractivity contribution >= 4 is 29.2 Å². The molecule has 98 valence electrons. The first-order chi connectivity index (χ1) is 8.13. The molecule has 0 atom stereocenters. The molecule has 1 aromatic carbocycles. The minimum atomic E-state index is -1.29. The molecule has 3 N–H and O–H groups in total. The molecule has 0 unspecified atom stereocenters. The van der Waals surface area contributed by atoms with E-state index in [0.29, 0.717) is 0 Å². The van der Waals surface area contributed by atoms with Crippen molar-refractivity contribution in [3.05, 3.63) is 28.3 Å². The Kier molecular flexibility index (Phi) is 3.86. The lowest BCUT2D eigenvalue weighted by molar-refractivity contribution is 0.00708. The summed E-state index contributed by atoms with van der Waals surface area (Å²) < 4.78 is 5.12. The molecule has 0 heterocycles. The van der Waals surface area contributed by atoms with Crippen LogP contribution in [0.4, 0.5) is 5.69 Å². The average molecular weight is 272 g/mol. The average Bonchev–Trinajstić information content (AvgIpc) is 2.13. The molecule has 0 bridgehead atoms. The molecule has 0 amide bonds. The fourth-order valence-corrected chi connectivity index (χ4v) is 1.57. The van der Waals surface area contributed by atoms with Gasteiger partial charge in [-0.2, -0.15) is 0 Å². The van der Waals surface area contributed by atoms with Crippen molar-refractivity contribution < 1.29 is 19.4 Å². The van der Waals surface area contributed by atoms with Crippen LogP contribution in [-0.2, 0) is 4.74 Å². The summed E-state index contributed by atoms with van der Waals surface area (Å²) >= 11 is 5.72. The van der Waals surface area contributed by atoms with Crippen LogP contribution in [0.25, 0.3) is 0 Å². The van der Waals surface area contributed by atoms with E-state index in [1.54, 1.807) is 20.8 Å². The van der Waals surface area contributed by atoms with E-state index in [0.717, 1.165) is 0 Å². The summed E-state index contributed by atoms with van der Waals surface area (Å²) in [6.07, 6.45) is 0. The SMILES string of the molecule is CC(C)(C)OC(=O)c1ccc(Cl)c(C(=O)O)c1N. The number of carbonyl (C=O) groups excluding carboxylic acids is 1. The minimum Gasteiger partial charge on any atom is -0.478 e. The van der Waals surface area contributed by atoms with E-state index in [1.165, 1.54) is 12.1 Å². The van der Waals surface area contributed by atoms with Gasteiger partial charge in [-0.1, -0.05) is 11.6 Å². The number of halogens is 1. The second-order valence-corrected chi connectivity index (χ2v) is 5.10. The minimum absolute atomic E-state index is 0.00766. The lowest BCUT2D eigenvalue weighted by Crippen LogP contribution is -2.25. The van der Waals surface area contributed by atoms with Gasteiger partial charge in [0.25, 0.3) is 0 Å². The first-order valence-electron chi connectivity index (χ1n) is 5.18. The van der Waals surface area contributed by atoms with Gasteiger partial charge in [0.05, 0.1) is 16.3 Å². The highest BCUT2D eigenvalue weighted by atomic mass is 35.5. The number of carboxylic acids is 1. The summed E-state index contributed by atoms with van der Waals surface area (Å²) in [7, 11) is 0. The molecule has 5 nitrogen and oxygen atoms in total. The molecule has 1 rings (SSSR count). The van der Waals surface area contributed by atoms with E-state index in [4.69, 9.17) is 27.2 Å². The van der Waals surface area contributed by atoms with Crippen molar-refractivity contribution in [1.82, 2.24) is 0 Å². The third-order valence-corrected chi connectivity index (χ3v) is 2.34. The highest BCUT2D eigenvalue weighted by molar-refractivity contribution is 6.34. The van der Waals surface area contributed by atoms with Crippen molar-refractivity contribution in [2.45, 2.75) is 26.4 Å². The van der Waals surface area contributed by atoms with Crippen LogP contribution >= 0.6 is 11.6 Å². The van der Waals surface area contributed by atoms with E-state index in [2.05, 4.69) is 0 Å². The van der Waals surface area contributed by atoms with Gasteiger partial charge in [-0.15, -0.1) is 0 Å². The van der Waals surface area contributed by atoms with E-state index >= 15 is 0 Å². The van der Waals surface area contributed by atoms with Crippen LogP contribution in [0, 0.1) is 0 Å². The summed E-state index contributed by atoms with van der Waals surface area (Å²) in [6.45, 7) is 5.11. The number of carbonyl (C=O) groups is 2. The Labute approximate surface area is 109 Å². The molecule has 0 aromatic heterocycles. The number of nitrogen functional groups attached to an aromatic ring is 1. The maximum absolute atomic E-state index is 11.8. The molecule has 0 spiro atoms. The van der Waals surface area contributed by atoms with E-state index < -0.39 is 17.5 Å². The quantitative estimate of drug-likeness (QED) is 0.637. The smallest absolute Gasteiger partial charge is 0.340 e. The van der Waals surface area contributed by atoms with Gasteiger partial charge in [0.1, 0.15) is 11.2 Å². The first kappa shape index (κ1) is 14.3. The highest BCUT2D eigenvalue weighted by Crippen LogP contribution is 2.27. The number of anilines is 1. The van der Waals surface area contributed by atoms with Crippen molar-refractivity contribution in [1.29, 1.82) is 0 Å². The van der Waals surface area contributed by atoms with Crippen molar-refractivity contribution in [2.24, 2.45) is 0 Å². The number of benzene rings is 1. The fourth-order valence-electron chi connectivity index (χ4n) is 1.32. The molecule has 0 fully saturated rings. The molecular formula is C12H14ClNO4. The van der Waals surface area contributed by atoms with Gasteiger partial charge < -0.3 is 15.6 Å². The molecule has 6 heteroatoms. The van der Waals surface area contributed by atoms with Gasteiger partial charge >= 0.3 is 11.9 Å². The molecule has 0 aliphatic carbocycles. The fraction of sp³-hybridized carbons (Fsp3) is 0.333. The Balaban J connectivity index is 3.24. The molecular weight excluding hydrogens is 258 g/mol. The molecule has 1 aromatic rings. The standard InChI is InChI=1S/C12H14ClNO4/c1-12(2,3)18-11(17)6-4-5-7(13)8(9(6)14)10(15)16/h4-5H,14H2,1-3H3,(H,15,16). The zero-order valence-electron chi connectivity index (χ0n) is 10.3. The van der Waals surface area contributed by atoms with Gasteiger partial charge in [-0.3, -0.25) is 0 Å². The number of hydrogen-bond acceptors (Lipinski definition) is 4. The van der Waals surface area contributed by atoms with Crippen molar-refractivity contribution in [3.63, 3.8) is 0 Å². The first-order valence-corrected chi connectivity index (χ1v) is 5.56. The van der Waals surface area contributed by atoms with Gasteiger partial charge in [0.2, 0.25) is 0 Å². The Bertz CT molecular complexity index is 506. The van der Waals surface area contributed by atoms with Crippen LogP contribution < -0.4 is 5.73 Å². The molecule has 0 aliphatic heterocycles. The van der Waals surface area contributed by atoms with Gasteiger partial charge in [0, 0.05) is 0 Å². The normalized spacial score (nSPS) is 11.1. The summed E-state index contributed by atoms with van der Waals surface area (Å²) in [5.74, 6) is -1.97. The topological polar surface area (TPSA) is 89.6 Å². The van der Waals surface area contributed by atoms with E-state index in [9.17, 15) is 9.59 Å². The molecule has 0 radical (unpaired) electrons. The molecule has 18 heavy (non-hydrogen) atoms. The van der Waals surface area contributed by atoms with E-state index in [-0.39, 0.29) is 21.8 Å². The van der Waals surface area contributed by atoms with Crippen LogP contribution in [-0.4, -0.2) is 22.6 Å². The third-order valence-electron chi connectivity index (χ3n) is 2.03. The maximum atomic E-state index is 11.8. The van der Waals surface area contributed by atoms with Gasteiger partial charge in [0.15, 0.2) is 0 Å².